The molecule has 0 amide bonds. The standard InChI is InChI=1S/C17H30N2O2/c1-14(2)12-19(9-10-21-3)13-17(20)16(18)11-15-7-5-4-6-8-15/h4-8,14,16-17,20H,9-13,18H2,1-3H3. The van der Waals surface area contributed by atoms with E-state index < -0.39 is 6.10 Å². The maximum Gasteiger partial charge on any atom is 0.0820 e. The maximum absolute atomic E-state index is 10.4. The fourth-order valence-corrected chi connectivity index (χ4v) is 2.42. The van der Waals surface area contributed by atoms with Gasteiger partial charge >= 0.3 is 0 Å². The van der Waals surface area contributed by atoms with E-state index in [9.17, 15) is 5.11 Å². The van der Waals surface area contributed by atoms with Crippen LogP contribution >= 0.6 is 0 Å². The van der Waals surface area contributed by atoms with Crippen molar-refractivity contribution >= 4 is 0 Å². The third kappa shape index (κ3) is 7.58. The molecule has 4 nitrogen and oxygen atoms in total. The van der Waals surface area contributed by atoms with Crippen LogP contribution in [0.3, 0.4) is 0 Å². The Bertz CT molecular complexity index is 370. The number of ether oxygens (including phenoxy) is 1. The fourth-order valence-electron chi connectivity index (χ4n) is 2.42. The number of methoxy groups -OCH3 is 1. The van der Waals surface area contributed by atoms with Crippen molar-refractivity contribution in [1.82, 2.24) is 4.90 Å². The molecule has 1 aromatic carbocycles. The molecule has 0 radical (unpaired) electrons. The Morgan fingerprint density at radius 2 is 1.86 bits per heavy atom. The van der Waals surface area contributed by atoms with Gasteiger partial charge in [0.2, 0.25) is 0 Å². The first-order chi connectivity index (χ1) is 10.0. The molecule has 3 N–H and O–H groups in total. The van der Waals surface area contributed by atoms with E-state index in [4.69, 9.17) is 10.5 Å². The summed E-state index contributed by atoms with van der Waals surface area (Å²) in [5.74, 6) is 0.555. The Hall–Kier alpha value is -0.940. The van der Waals surface area contributed by atoms with Gasteiger partial charge < -0.3 is 15.6 Å². The molecular weight excluding hydrogens is 264 g/mol. The van der Waals surface area contributed by atoms with Gasteiger partial charge in [0.25, 0.3) is 0 Å². The van der Waals surface area contributed by atoms with E-state index in [0.29, 0.717) is 25.5 Å². The molecule has 0 fully saturated rings. The van der Waals surface area contributed by atoms with Crippen molar-refractivity contribution in [2.45, 2.75) is 32.4 Å². The summed E-state index contributed by atoms with van der Waals surface area (Å²) in [6.07, 6.45) is 0.169. The van der Waals surface area contributed by atoms with Gasteiger partial charge in [-0.15, -0.1) is 0 Å². The topological polar surface area (TPSA) is 58.7 Å². The summed E-state index contributed by atoms with van der Waals surface area (Å²) in [6.45, 7) is 7.39. The van der Waals surface area contributed by atoms with Crippen LogP contribution in [-0.2, 0) is 11.2 Å². The van der Waals surface area contributed by atoms with E-state index in [1.807, 2.05) is 30.3 Å². The molecule has 0 aliphatic carbocycles. The second-order valence-electron chi connectivity index (χ2n) is 6.07. The molecule has 21 heavy (non-hydrogen) atoms. The summed E-state index contributed by atoms with van der Waals surface area (Å²) in [6, 6.07) is 9.83. The average Bonchev–Trinajstić information content (AvgIpc) is 2.45. The lowest BCUT2D eigenvalue weighted by Gasteiger charge is -2.29. The molecule has 1 aromatic rings. The summed E-state index contributed by atoms with van der Waals surface area (Å²) in [5.41, 5.74) is 7.31. The number of aliphatic hydroxyl groups is 1. The third-order valence-corrected chi connectivity index (χ3v) is 3.49. The molecule has 0 heterocycles. The summed E-state index contributed by atoms with van der Waals surface area (Å²) < 4.78 is 5.14. The lowest BCUT2D eigenvalue weighted by Crippen LogP contribution is -2.46. The number of nitrogens with zero attached hydrogens (tertiary/aromatic N) is 1. The first kappa shape index (κ1) is 18.1. The summed E-state index contributed by atoms with van der Waals surface area (Å²) >= 11 is 0. The number of nitrogens with two attached hydrogens (primary N) is 1. The van der Waals surface area contributed by atoms with Gasteiger partial charge in [-0.2, -0.15) is 0 Å². The van der Waals surface area contributed by atoms with Crippen LogP contribution in [0.25, 0.3) is 0 Å². The predicted molar refractivity (Wildman–Crippen MR) is 87.3 cm³/mol. The Labute approximate surface area is 128 Å². The van der Waals surface area contributed by atoms with Crippen LogP contribution in [0.1, 0.15) is 19.4 Å². The molecule has 120 valence electrons. The number of rotatable bonds is 10. The monoisotopic (exact) mass is 294 g/mol. The van der Waals surface area contributed by atoms with Gasteiger partial charge in [-0.25, -0.2) is 0 Å². The fraction of sp³-hybridized carbons (Fsp3) is 0.647. The second-order valence-corrected chi connectivity index (χ2v) is 6.07. The number of hydrogen-bond acceptors (Lipinski definition) is 4. The molecule has 2 unspecified atom stereocenters. The predicted octanol–water partition coefficient (Wildman–Crippen LogP) is 1.52. The van der Waals surface area contributed by atoms with Crippen molar-refractivity contribution < 1.29 is 9.84 Å². The molecule has 2 atom stereocenters. The zero-order chi connectivity index (χ0) is 15.7. The van der Waals surface area contributed by atoms with Crippen LogP contribution < -0.4 is 5.73 Å². The van der Waals surface area contributed by atoms with Crippen LogP contribution in [-0.4, -0.2) is 55.5 Å². The van der Waals surface area contributed by atoms with Crippen molar-refractivity contribution in [3.63, 3.8) is 0 Å². The first-order valence-corrected chi connectivity index (χ1v) is 7.71. The van der Waals surface area contributed by atoms with Crippen LogP contribution in [0, 0.1) is 5.92 Å². The minimum absolute atomic E-state index is 0.246. The minimum atomic E-state index is -0.527. The van der Waals surface area contributed by atoms with E-state index >= 15 is 0 Å². The number of benzene rings is 1. The molecule has 4 heteroatoms. The summed E-state index contributed by atoms with van der Waals surface area (Å²) in [4.78, 5) is 2.23. The highest BCUT2D eigenvalue weighted by Crippen LogP contribution is 2.07. The van der Waals surface area contributed by atoms with Gasteiger partial charge in [0, 0.05) is 32.8 Å². The zero-order valence-corrected chi connectivity index (χ0v) is 13.5. The van der Waals surface area contributed by atoms with E-state index in [1.54, 1.807) is 7.11 Å². The second kappa shape index (κ2) is 9.90. The largest absolute Gasteiger partial charge is 0.390 e. The highest BCUT2D eigenvalue weighted by molar-refractivity contribution is 5.16. The van der Waals surface area contributed by atoms with E-state index in [1.165, 1.54) is 0 Å². The Morgan fingerprint density at radius 1 is 1.19 bits per heavy atom. The molecule has 0 aromatic heterocycles. The van der Waals surface area contributed by atoms with Gasteiger partial charge in [0.15, 0.2) is 0 Å². The van der Waals surface area contributed by atoms with Crippen LogP contribution in [0.15, 0.2) is 30.3 Å². The Morgan fingerprint density at radius 3 is 2.43 bits per heavy atom. The lowest BCUT2D eigenvalue weighted by atomic mass is 10.0. The van der Waals surface area contributed by atoms with Gasteiger partial charge in [0.05, 0.1) is 12.7 Å². The molecule has 0 bridgehead atoms. The molecule has 1 rings (SSSR count). The zero-order valence-electron chi connectivity index (χ0n) is 13.5. The van der Waals surface area contributed by atoms with E-state index in [0.717, 1.165) is 18.7 Å². The van der Waals surface area contributed by atoms with Crippen LogP contribution in [0.5, 0.6) is 0 Å². The molecule has 0 saturated carbocycles. The number of hydrogen-bond donors (Lipinski definition) is 2. The minimum Gasteiger partial charge on any atom is -0.390 e. The quantitative estimate of drug-likeness (QED) is 0.687. The van der Waals surface area contributed by atoms with Gasteiger partial charge in [0.1, 0.15) is 0 Å². The highest BCUT2D eigenvalue weighted by atomic mass is 16.5. The van der Waals surface area contributed by atoms with Crippen molar-refractivity contribution in [3.8, 4) is 0 Å². The molecule has 0 aliphatic heterocycles. The van der Waals surface area contributed by atoms with Crippen molar-refractivity contribution in [2.24, 2.45) is 11.7 Å². The normalized spacial score (nSPS) is 14.6. The Balaban J connectivity index is 2.48. The molecular formula is C17H30N2O2. The van der Waals surface area contributed by atoms with Crippen molar-refractivity contribution in [3.05, 3.63) is 35.9 Å². The molecule has 0 aliphatic rings. The number of aliphatic hydroxyl groups excluding tert-OH is 1. The Kier molecular flexibility index (Phi) is 8.54. The van der Waals surface area contributed by atoms with Crippen molar-refractivity contribution in [1.29, 1.82) is 0 Å². The first-order valence-electron chi connectivity index (χ1n) is 7.71. The van der Waals surface area contributed by atoms with Crippen LogP contribution in [0.4, 0.5) is 0 Å². The van der Waals surface area contributed by atoms with Gasteiger partial charge in [-0.05, 0) is 17.9 Å². The SMILES string of the molecule is COCCN(CC(C)C)CC(O)C(N)Cc1ccccc1. The maximum atomic E-state index is 10.4. The van der Waals surface area contributed by atoms with Gasteiger partial charge in [-0.3, -0.25) is 4.90 Å². The van der Waals surface area contributed by atoms with Gasteiger partial charge in [-0.1, -0.05) is 44.2 Å². The lowest BCUT2D eigenvalue weighted by molar-refractivity contribution is 0.0684. The highest BCUT2D eigenvalue weighted by Gasteiger charge is 2.19. The molecule has 0 saturated heterocycles. The van der Waals surface area contributed by atoms with Crippen LogP contribution in [0.2, 0.25) is 0 Å². The summed E-state index contributed by atoms with van der Waals surface area (Å²) in [5, 5.41) is 10.4. The molecule has 0 spiro atoms. The third-order valence-electron chi connectivity index (χ3n) is 3.49. The van der Waals surface area contributed by atoms with E-state index in [2.05, 4.69) is 18.7 Å². The van der Waals surface area contributed by atoms with E-state index in [-0.39, 0.29) is 6.04 Å². The average molecular weight is 294 g/mol. The summed E-state index contributed by atoms with van der Waals surface area (Å²) in [7, 11) is 1.70. The van der Waals surface area contributed by atoms with Crippen molar-refractivity contribution in [2.75, 3.05) is 33.4 Å². The smallest absolute Gasteiger partial charge is 0.0820 e.